The first-order valence-electron chi connectivity index (χ1n) is 8.53. The molecule has 0 radical (unpaired) electrons. The van der Waals surface area contributed by atoms with Crippen molar-refractivity contribution >= 4 is 17.5 Å². The number of anilines is 1. The highest BCUT2D eigenvalue weighted by molar-refractivity contribution is 5.93. The molecule has 1 aliphatic heterocycles. The van der Waals surface area contributed by atoms with E-state index in [1.807, 2.05) is 12.1 Å². The maximum atomic E-state index is 12.0. The molecule has 0 fully saturated rings. The Labute approximate surface area is 144 Å². The van der Waals surface area contributed by atoms with Crippen LogP contribution in [-0.4, -0.2) is 23.3 Å². The quantitative estimate of drug-likeness (QED) is 0.787. The van der Waals surface area contributed by atoms with Crippen LogP contribution in [0.3, 0.4) is 0 Å². The largest absolute Gasteiger partial charge is 0.326 e. The summed E-state index contributed by atoms with van der Waals surface area (Å²) >= 11 is 0. The fourth-order valence-electron chi connectivity index (χ4n) is 2.57. The van der Waals surface area contributed by atoms with E-state index in [9.17, 15) is 9.59 Å². The summed E-state index contributed by atoms with van der Waals surface area (Å²) in [5, 5.41) is 2.90. The molecule has 0 spiro atoms. The Hall–Kier alpha value is -2.36. The molecule has 0 saturated heterocycles. The van der Waals surface area contributed by atoms with Gasteiger partial charge < -0.3 is 10.2 Å². The zero-order valence-electron chi connectivity index (χ0n) is 14.5. The third-order valence-corrected chi connectivity index (χ3v) is 4.06. The van der Waals surface area contributed by atoms with Crippen LogP contribution >= 0.6 is 0 Å². The van der Waals surface area contributed by atoms with Gasteiger partial charge in [-0.1, -0.05) is 32.6 Å². The van der Waals surface area contributed by atoms with Crippen LogP contribution in [0.25, 0.3) is 0 Å². The molecule has 0 bridgehead atoms. The van der Waals surface area contributed by atoms with Crippen molar-refractivity contribution in [2.75, 3.05) is 11.9 Å². The van der Waals surface area contributed by atoms with Crippen LogP contribution in [0.2, 0.25) is 0 Å². The molecular weight excluding hydrogens is 300 g/mol. The molecule has 24 heavy (non-hydrogen) atoms. The number of amides is 2. The van der Waals surface area contributed by atoms with Crippen molar-refractivity contribution in [3.05, 3.63) is 54.3 Å². The summed E-state index contributed by atoms with van der Waals surface area (Å²) in [6, 6.07) is 8.03. The number of hydrogen-bond acceptors (Lipinski definition) is 2. The van der Waals surface area contributed by atoms with E-state index in [2.05, 4.69) is 37.9 Å². The van der Waals surface area contributed by atoms with E-state index in [0.717, 1.165) is 12.1 Å². The Morgan fingerprint density at radius 1 is 1.21 bits per heavy atom. The maximum absolute atomic E-state index is 12.0. The van der Waals surface area contributed by atoms with Crippen molar-refractivity contribution < 1.29 is 9.59 Å². The SMILES string of the molecule is C=C1C=CC(=O)N1CCCC(=O)Nc1ccc(CCC(C)C)cc1. The highest BCUT2D eigenvalue weighted by Crippen LogP contribution is 2.15. The fourth-order valence-corrected chi connectivity index (χ4v) is 2.57. The van der Waals surface area contributed by atoms with E-state index in [-0.39, 0.29) is 11.8 Å². The lowest BCUT2D eigenvalue weighted by Crippen LogP contribution is -2.25. The van der Waals surface area contributed by atoms with Crippen molar-refractivity contribution in [3.63, 3.8) is 0 Å². The molecule has 2 rings (SSSR count). The molecule has 1 aromatic carbocycles. The average Bonchev–Trinajstić information content (AvgIpc) is 2.86. The summed E-state index contributed by atoms with van der Waals surface area (Å²) in [5.41, 5.74) is 2.80. The molecule has 4 heteroatoms. The van der Waals surface area contributed by atoms with Crippen LogP contribution in [0, 0.1) is 5.92 Å². The van der Waals surface area contributed by atoms with Gasteiger partial charge in [0.15, 0.2) is 0 Å². The van der Waals surface area contributed by atoms with Gasteiger partial charge in [-0.15, -0.1) is 0 Å². The summed E-state index contributed by atoms with van der Waals surface area (Å²) in [7, 11) is 0. The first-order valence-corrected chi connectivity index (χ1v) is 8.53. The van der Waals surface area contributed by atoms with E-state index in [1.54, 1.807) is 11.0 Å². The van der Waals surface area contributed by atoms with Gasteiger partial charge in [-0.25, -0.2) is 0 Å². The molecule has 128 valence electrons. The zero-order chi connectivity index (χ0) is 17.5. The first-order chi connectivity index (χ1) is 11.5. The monoisotopic (exact) mass is 326 g/mol. The van der Waals surface area contributed by atoms with E-state index < -0.39 is 0 Å². The molecule has 0 atom stereocenters. The summed E-state index contributed by atoms with van der Waals surface area (Å²) in [6.07, 6.45) is 6.43. The average molecular weight is 326 g/mol. The van der Waals surface area contributed by atoms with Crippen LogP contribution < -0.4 is 5.32 Å². The van der Waals surface area contributed by atoms with Crippen LogP contribution in [-0.2, 0) is 16.0 Å². The molecule has 1 aromatic rings. The molecule has 0 saturated carbocycles. The number of carbonyl (C=O) groups excluding carboxylic acids is 2. The third-order valence-electron chi connectivity index (χ3n) is 4.06. The molecular formula is C20H26N2O2. The Bertz CT molecular complexity index is 612. The Morgan fingerprint density at radius 2 is 1.92 bits per heavy atom. The highest BCUT2D eigenvalue weighted by Gasteiger charge is 2.18. The Balaban J connectivity index is 1.72. The van der Waals surface area contributed by atoms with Crippen molar-refractivity contribution in [2.24, 2.45) is 5.92 Å². The smallest absolute Gasteiger partial charge is 0.251 e. The van der Waals surface area contributed by atoms with Gasteiger partial charge in [0, 0.05) is 30.4 Å². The van der Waals surface area contributed by atoms with Gasteiger partial charge in [0.1, 0.15) is 0 Å². The van der Waals surface area contributed by atoms with Crippen LogP contribution in [0.5, 0.6) is 0 Å². The maximum Gasteiger partial charge on any atom is 0.251 e. The van der Waals surface area contributed by atoms with Gasteiger partial charge in [-0.3, -0.25) is 9.59 Å². The Morgan fingerprint density at radius 3 is 2.50 bits per heavy atom. The van der Waals surface area contributed by atoms with Gasteiger partial charge in [0.05, 0.1) is 0 Å². The van der Waals surface area contributed by atoms with Gasteiger partial charge in [-0.2, -0.15) is 0 Å². The second-order valence-corrected chi connectivity index (χ2v) is 6.60. The van der Waals surface area contributed by atoms with Crippen molar-refractivity contribution in [1.82, 2.24) is 4.90 Å². The summed E-state index contributed by atoms with van der Waals surface area (Å²) < 4.78 is 0. The number of aryl methyl sites for hydroxylation is 1. The number of allylic oxidation sites excluding steroid dienone is 1. The van der Waals surface area contributed by atoms with Crippen molar-refractivity contribution in [1.29, 1.82) is 0 Å². The lowest BCUT2D eigenvalue weighted by Gasteiger charge is -2.16. The standard InChI is InChI=1S/C20H26N2O2/c1-15(2)6-8-17-9-11-18(12-10-17)21-19(23)5-4-14-22-16(3)7-13-20(22)24/h7,9-13,15H,3-6,8,14H2,1-2H3,(H,21,23). The molecule has 0 aliphatic carbocycles. The molecule has 1 N–H and O–H groups in total. The second kappa shape index (κ2) is 8.48. The van der Waals surface area contributed by atoms with E-state index in [1.165, 1.54) is 18.1 Å². The molecule has 2 amide bonds. The van der Waals surface area contributed by atoms with E-state index >= 15 is 0 Å². The molecule has 0 aromatic heterocycles. The van der Waals surface area contributed by atoms with Crippen LogP contribution in [0.15, 0.2) is 48.7 Å². The van der Waals surface area contributed by atoms with Crippen LogP contribution in [0.1, 0.15) is 38.7 Å². The van der Waals surface area contributed by atoms with Gasteiger partial charge in [-0.05, 0) is 49.0 Å². The van der Waals surface area contributed by atoms with Gasteiger partial charge in [0.25, 0.3) is 5.91 Å². The van der Waals surface area contributed by atoms with Crippen molar-refractivity contribution in [3.8, 4) is 0 Å². The second-order valence-electron chi connectivity index (χ2n) is 6.60. The molecule has 4 nitrogen and oxygen atoms in total. The summed E-state index contributed by atoms with van der Waals surface area (Å²) in [6.45, 7) is 8.76. The number of rotatable bonds is 8. The number of carbonyl (C=O) groups is 2. The number of nitrogens with one attached hydrogen (secondary N) is 1. The van der Waals surface area contributed by atoms with E-state index in [0.29, 0.717) is 31.0 Å². The van der Waals surface area contributed by atoms with E-state index in [4.69, 9.17) is 0 Å². The third kappa shape index (κ3) is 5.37. The number of benzene rings is 1. The molecule has 1 heterocycles. The summed E-state index contributed by atoms with van der Waals surface area (Å²) in [4.78, 5) is 25.1. The lowest BCUT2D eigenvalue weighted by atomic mass is 10.0. The van der Waals surface area contributed by atoms with Gasteiger partial charge in [0.2, 0.25) is 5.91 Å². The fraction of sp³-hybridized carbons (Fsp3) is 0.400. The van der Waals surface area contributed by atoms with Crippen LogP contribution in [0.4, 0.5) is 5.69 Å². The van der Waals surface area contributed by atoms with Gasteiger partial charge >= 0.3 is 0 Å². The number of nitrogens with zero attached hydrogens (tertiary/aromatic N) is 1. The minimum atomic E-state index is -0.0580. The minimum absolute atomic E-state index is 0.0323. The summed E-state index contributed by atoms with van der Waals surface area (Å²) in [5.74, 6) is 0.602. The predicted molar refractivity (Wildman–Crippen MR) is 97.5 cm³/mol. The Kier molecular flexibility index (Phi) is 6.36. The topological polar surface area (TPSA) is 49.4 Å². The zero-order valence-corrected chi connectivity index (χ0v) is 14.5. The lowest BCUT2D eigenvalue weighted by molar-refractivity contribution is -0.124. The minimum Gasteiger partial charge on any atom is -0.326 e. The molecule has 0 unspecified atom stereocenters. The predicted octanol–water partition coefficient (Wildman–Crippen LogP) is 3.91. The highest BCUT2D eigenvalue weighted by atomic mass is 16.2. The normalized spacial score (nSPS) is 13.9. The van der Waals surface area contributed by atoms with Crippen molar-refractivity contribution in [2.45, 2.75) is 39.5 Å². The number of hydrogen-bond donors (Lipinski definition) is 1. The molecule has 1 aliphatic rings. The first kappa shape index (κ1) is 18.0.